The van der Waals surface area contributed by atoms with E-state index in [2.05, 4.69) is 0 Å². The Kier molecular flexibility index (Phi) is 4.27. The smallest absolute Gasteiger partial charge is 0.212 e. The van der Waals surface area contributed by atoms with Gasteiger partial charge in [0.2, 0.25) is 10.0 Å². The van der Waals surface area contributed by atoms with Crippen molar-refractivity contribution in [3.05, 3.63) is 34.9 Å². The van der Waals surface area contributed by atoms with Gasteiger partial charge in [0.05, 0.1) is 11.9 Å². The number of ether oxygens (including phenoxy) is 1. The summed E-state index contributed by atoms with van der Waals surface area (Å²) in [7, 11) is -3.51. The molecule has 0 spiro atoms. The monoisotopic (exact) mass is 289 g/mol. The highest BCUT2D eigenvalue weighted by Gasteiger charge is 2.33. The summed E-state index contributed by atoms with van der Waals surface area (Å²) < 4.78 is 28.4. The molecule has 2 unspecified atom stereocenters. The normalized spacial score (nSPS) is 25.0. The van der Waals surface area contributed by atoms with Crippen molar-refractivity contribution in [1.29, 1.82) is 0 Å². The van der Waals surface area contributed by atoms with Crippen molar-refractivity contribution in [2.75, 3.05) is 13.2 Å². The van der Waals surface area contributed by atoms with Crippen molar-refractivity contribution in [2.45, 2.75) is 18.1 Å². The fourth-order valence-corrected chi connectivity index (χ4v) is 3.59. The first kappa shape index (κ1) is 13.8. The minimum absolute atomic E-state index is 0.0880. The topological polar surface area (TPSA) is 69.4 Å². The predicted octanol–water partition coefficient (Wildman–Crippen LogP) is 1.58. The maximum Gasteiger partial charge on any atom is 0.212 e. The third-order valence-corrected chi connectivity index (χ3v) is 4.95. The van der Waals surface area contributed by atoms with Crippen LogP contribution in [0.5, 0.6) is 0 Å². The van der Waals surface area contributed by atoms with Gasteiger partial charge in [0.15, 0.2) is 0 Å². The first-order valence-corrected chi connectivity index (χ1v) is 7.79. The van der Waals surface area contributed by atoms with Crippen molar-refractivity contribution in [1.82, 2.24) is 0 Å². The van der Waals surface area contributed by atoms with Gasteiger partial charge in [-0.3, -0.25) is 0 Å². The molecule has 100 valence electrons. The van der Waals surface area contributed by atoms with Crippen LogP contribution in [0.1, 0.15) is 12.0 Å². The molecule has 2 rings (SSSR count). The molecule has 18 heavy (non-hydrogen) atoms. The zero-order valence-electron chi connectivity index (χ0n) is 9.88. The molecule has 6 heteroatoms. The first-order valence-electron chi connectivity index (χ1n) is 5.80. The van der Waals surface area contributed by atoms with Crippen molar-refractivity contribution >= 4 is 21.6 Å². The molecule has 0 radical (unpaired) electrons. The van der Waals surface area contributed by atoms with Gasteiger partial charge in [-0.1, -0.05) is 23.7 Å². The second-order valence-electron chi connectivity index (χ2n) is 4.58. The summed E-state index contributed by atoms with van der Waals surface area (Å²) in [6, 6.07) is 7.40. The first-order chi connectivity index (χ1) is 8.47. The largest absolute Gasteiger partial charge is 0.381 e. The van der Waals surface area contributed by atoms with Crippen LogP contribution in [0, 0.1) is 5.92 Å². The highest BCUT2D eigenvalue weighted by Crippen LogP contribution is 2.24. The molecule has 1 aromatic rings. The van der Waals surface area contributed by atoms with E-state index < -0.39 is 15.3 Å². The molecule has 0 aliphatic carbocycles. The fraction of sp³-hybridized carbons (Fsp3) is 0.500. The zero-order chi connectivity index (χ0) is 13.2. The van der Waals surface area contributed by atoms with Crippen LogP contribution in [0.15, 0.2) is 24.3 Å². The van der Waals surface area contributed by atoms with Crippen molar-refractivity contribution in [2.24, 2.45) is 11.1 Å². The number of nitrogens with two attached hydrogens (primary N) is 1. The maximum atomic E-state index is 11.5. The number of halogens is 1. The lowest BCUT2D eigenvalue weighted by Crippen LogP contribution is -2.42. The van der Waals surface area contributed by atoms with Crippen LogP contribution in [0.4, 0.5) is 0 Å². The lowest BCUT2D eigenvalue weighted by molar-refractivity contribution is 0.0572. The molecule has 1 heterocycles. The number of rotatable bonds is 3. The molecule has 2 N–H and O–H groups in total. The van der Waals surface area contributed by atoms with Gasteiger partial charge in [-0.15, -0.1) is 0 Å². The summed E-state index contributed by atoms with van der Waals surface area (Å²) in [5.41, 5.74) is 1.04. The number of sulfonamides is 1. The Morgan fingerprint density at radius 3 is 2.61 bits per heavy atom. The van der Waals surface area contributed by atoms with Gasteiger partial charge in [-0.05, 0) is 30.5 Å². The minimum Gasteiger partial charge on any atom is -0.381 e. The van der Waals surface area contributed by atoms with Crippen molar-refractivity contribution < 1.29 is 13.2 Å². The SMILES string of the molecule is NS(=O)(=O)C1CCOCC1Cc1ccc(Cl)cc1. The molecule has 2 atom stereocenters. The Bertz CT molecular complexity index is 501. The number of benzene rings is 1. The van der Waals surface area contributed by atoms with E-state index in [1.54, 1.807) is 12.1 Å². The van der Waals surface area contributed by atoms with Crippen molar-refractivity contribution in [3.8, 4) is 0 Å². The van der Waals surface area contributed by atoms with Gasteiger partial charge in [-0.2, -0.15) is 0 Å². The van der Waals surface area contributed by atoms with E-state index in [0.717, 1.165) is 5.56 Å². The quantitative estimate of drug-likeness (QED) is 0.918. The molecular weight excluding hydrogens is 274 g/mol. The van der Waals surface area contributed by atoms with Gasteiger partial charge in [0, 0.05) is 17.5 Å². The third kappa shape index (κ3) is 3.45. The summed E-state index contributed by atoms with van der Waals surface area (Å²) in [6.45, 7) is 0.891. The predicted molar refractivity (Wildman–Crippen MR) is 71.0 cm³/mol. The number of hydrogen-bond acceptors (Lipinski definition) is 3. The van der Waals surface area contributed by atoms with E-state index >= 15 is 0 Å². The zero-order valence-corrected chi connectivity index (χ0v) is 11.5. The average Bonchev–Trinajstić information content (AvgIpc) is 2.31. The van der Waals surface area contributed by atoms with E-state index in [0.29, 0.717) is 31.1 Å². The summed E-state index contributed by atoms with van der Waals surface area (Å²) in [4.78, 5) is 0. The van der Waals surface area contributed by atoms with Crippen LogP contribution >= 0.6 is 11.6 Å². The van der Waals surface area contributed by atoms with Gasteiger partial charge >= 0.3 is 0 Å². The van der Waals surface area contributed by atoms with Gasteiger partial charge in [0.25, 0.3) is 0 Å². The molecule has 0 amide bonds. The highest BCUT2D eigenvalue weighted by atomic mass is 35.5. The second kappa shape index (κ2) is 5.57. The molecule has 1 aliphatic heterocycles. The van der Waals surface area contributed by atoms with E-state index in [4.69, 9.17) is 21.5 Å². The second-order valence-corrected chi connectivity index (χ2v) is 6.80. The summed E-state index contributed by atoms with van der Waals surface area (Å²) >= 11 is 5.82. The molecule has 0 aromatic heterocycles. The van der Waals surface area contributed by atoms with Crippen LogP contribution in [-0.4, -0.2) is 26.9 Å². The Morgan fingerprint density at radius 1 is 1.33 bits per heavy atom. The van der Waals surface area contributed by atoms with Gasteiger partial charge in [0.1, 0.15) is 0 Å². The average molecular weight is 290 g/mol. The standard InChI is InChI=1S/C12H16ClNO3S/c13-11-3-1-9(2-4-11)7-10-8-17-6-5-12(10)18(14,15)16/h1-4,10,12H,5-8H2,(H2,14,15,16). The van der Waals surface area contributed by atoms with E-state index in [-0.39, 0.29) is 5.92 Å². The number of hydrogen-bond donors (Lipinski definition) is 1. The molecule has 1 saturated heterocycles. The summed E-state index contributed by atoms with van der Waals surface area (Å²) in [6.07, 6.45) is 1.11. The highest BCUT2D eigenvalue weighted by molar-refractivity contribution is 7.89. The molecule has 1 aromatic carbocycles. The van der Waals surface area contributed by atoms with Gasteiger partial charge < -0.3 is 4.74 Å². The summed E-state index contributed by atoms with van der Waals surface area (Å²) in [5, 5.41) is 5.43. The Morgan fingerprint density at radius 2 is 2.00 bits per heavy atom. The van der Waals surface area contributed by atoms with Crippen LogP contribution in [0.3, 0.4) is 0 Å². The van der Waals surface area contributed by atoms with Crippen LogP contribution < -0.4 is 5.14 Å². The van der Waals surface area contributed by atoms with Gasteiger partial charge in [-0.25, -0.2) is 13.6 Å². The van der Waals surface area contributed by atoms with Crippen LogP contribution in [-0.2, 0) is 21.2 Å². The van der Waals surface area contributed by atoms with E-state index in [1.807, 2.05) is 12.1 Å². The Hall–Kier alpha value is -0.620. The molecule has 4 nitrogen and oxygen atoms in total. The Balaban J connectivity index is 2.13. The molecular formula is C12H16ClNO3S. The Labute approximate surface area is 112 Å². The third-order valence-electron chi connectivity index (χ3n) is 3.24. The van der Waals surface area contributed by atoms with E-state index in [9.17, 15) is 8.42 Å². The molecule has 1 fully saturated rings. The molecule has 0 bridgehead atoms. The van der Waals surface area contributed by atoms with Crippen LogP contribution in [0.25, 0.3) is 0 Å². The summed E-state index contributed by atoms with van der Waals surface area (Å²) in [5.74, 6) is -0.0880. The maximum absolute atomic E-state index is 11.5. The lowest BCUT2D eigenvalue weighted by Gasteiger charge is -2.29. The number of primary sulfonamides is 1. The molecule has 1 aliphatic rings. The molecule has 0 saturated carbocycles. The van der Waals surface area contributed by atoms with E-state index in [1.165, 1.54) is 0 Å². The lowest BCUT2D eigenvalue weighted by atomic mass is 9.94. The van der Waals surface area contributed by atoms with Crippen molar-refractivity contribution in [3.63, 3.8) is 0 Å². The minimum atomic E-state index is -3.51. The fourth-order valence-electron chi connectivity index (χ4n) is 2.32. The van der Waals surface area contributed by atoms with Crippen LogP contribution in [0.2, 0.25) is 5.02 Å².